The highest BCUT2D eigenvalue weighted by atomic mass is 35.5. The fourth-order valence-corrected chi connectivity index (χ4v) is 4.49. The van der Waals surface area contributed by atoms with Gasteiger partial charge in [-0.2, -0.15) is 4.98 Å². The van der Waals surface area contributed by atoms with Gasteiger partial charge in [0.05, 0.1) is 4.90 Å². The number of fused-ring (bicyclic) bond motifs is 1. The van der Waals surface area contributed by atoms with Gasteiger partial charge in [-0.25, -0.2) is 8.42 Å². The summed E-state index contributed by atoms with van der Waals surface area (Å²) >= 11 is 6.09. The van der Waals surface area contributed by atoms with E-state index in [-0.39, 0.29) is 21.3 Å². The third-order valence-electron chi connectivity index (χ3n) is 3.79. The number of halogens is 1. The maximum Gasteiger partial charge on any atom is 0.223 e. The van der Waals surface area contributed by atoms with Gasteiger partial charge in [0.1, 0.15) is 10.6 Å². The second kappa shape index (κ2) is 5.72. The average molecular weight is 374 g/mol. The Balaban J connectivity index is 2.09. The number of nitrogens with one attached hydrogen (secondary N) is 1. The van der Waals surface area contributed by atoms with E-state index in [2.05, 4.69) is 15.1 Å². The van der Waals surface area contributed by atoms with Crippen molar-refractivity contribution in [3.63, 3.8) is 0 Å². The van der Waals surface area contributed by atoms with Gasteiger partial charge >= 0.3 is 0 Å². The monoisotopic (exact) mass is 373 g/mol. The smallest absolute Gasteiger partial charge is 0.223 e. The van der Waals surface area contributed by atoms with Crippen LogP contribution in [-0.2, 0) is 9.84 Å². The Kier molecular flexibility index (Phi) is 3.63. The molecule has 4 aromatic rings. The summed E-state index contributed by atoms with van der Waals surface area (Å²) in [7, 11) is -3.82. The third-order valence-corrected chi connectivity index (χ3v) is 5.88. The number of sulfone groups is 1. The molecule has 1 N–H and O–H groups in total. The zero-order valence-corrected chi connectivity index (χ0v) is 14.6. The lowest BCUT2D eigenvalue weighted by Gasteiger charge is -2.05. The summed E-state index contributed by atoms with van der Waals surface area (Å²) in [5.41, 5.74) is 0.898. The van der Waals surface area contributed by atoms with Crippen LogP contribution in [0.2, 0.25) is 5.02 Å². The van der Waals surface area contributed by atoms with Crippen LogP contribution >= 0.6 is 11.6 Å². The number of hydrogen-bond acceptors (Lipinski definition) is 5. The van der Waals surface area contributed by atoms with Gasteiger partial charge in [0.25, 0.3) is 0 Å². The van der Waals surface area contributed by atoms with E-state index < -0.39 is 9.84 Å². The van der Waals surface area contributed by atoms with E-state index in [9.17, 15) is 8.42 Å². The molecule has 126 valence electrons. The van der Waals surface area contributed by atoms with Crippen molar-refractivity contribution in [1.29, 1.82) is 0 Å². The number of nitrogens with zero attached hydrogens (tertiary/aromatic N) is 2. The van der Waals surface area contributed by atoms with Gasteiger partial charge in [0.2, 0.25) is 21.6 Å². The average Bonchev–Trinajstić information content (AvgIpc) is 3.19. The summed E-state index contributed by atoms with van der Waals surface area (Å²) in [4.78, 5) is 7.49. The second-order valence-corrected chi connectivity index (χ2v) is 7.80. The van der Waals surface area contributed by atoms with E-state index in [0.29, 0.717) is 21.8 Å². The molecule has 2 aromatic carbocycles. The topological polar surface area (TPSA) is 88.9 Å². The van der Waals surface area contributed by atoms with Crippen LogP contribution in [0.15, 0.2) is 62.8 Å². The van der Waals surface area contributed by atoms with Gasteiger partial charge in [-0.1, -0.05) is 35.0 Å². The number of aromatic amines is 1. The van der Waals surface area contributed by atoms with Gasteiger partial charge in [0, 0.05) is 22.8 Å². The summed E-state index contributed by atoms with van der Waals surface area (Å²) < 4.78 is 31.6. The highest BCUT2D eigenvalue weighted by Gasteiger charge is 2.29. The number of aromatic nitrogens is 3. The van der Waals surface area contributed by atoms with E-state index in [1.165, 1.54) is 0 Å². The van der Waals surface area contributed by atoms with E-state index in [1.807, 2.05) is 0 Å². The summed E-state index contributed by atoms with van der Waals surface area (Å²) in [5.74, 6) is 0.522. The largest absolute Gasteiger partial charge is 0.351 e. The minimum atomic E-state index is -3.82. The predicted octanol–water partition coefficient (Wildman–Crippen LogP) is 4.01. The van der Waals surface area contributed by atoms with Crippen LogP contribution in [0.4, 0.5) is 0 Å². The fraction of sp³-hybridized carbons (Fsp3) is 0.0588. The van der Waals surface area contributed by atoms with Crippen molar-refractivity contribution in [2.75, 3.05) is 0 Å². The molecule has 0 aliphatic rings. The first kappa shape index (κ1) is 15.9. The molecule has 0 fully saturated rings. The standard InChI is InChI=1S/C17H12ClN3O3S/c1-10-19-17(21-24-10)15-16(13-9-11(18)7-8-14(13)20-15)25(22,23)12-5-3-2-4-6-12/h2-9,20H,1H3. The van der Waals surface area contributed by atoms with Crippen molar-refractivity contribution in [2.45, 2.75) is 16.7 Å². The Morgan fingerprint density at radius 2 is 1.88 bits per heavy atom. The molecule has 0 spiro atoms. The molecule has 8 heteroatoms. The van der Waals surface area contributed by atoms with Crippen LogP contribution in [0.1, 0.15) is 5.89 Å². The molecular weight excluding hydrogens is 362 g/mol. The number of benzene rings is 2. The van der Waals surface area contributed by atoms with E-state index in [0.717, 1.165) is 0 Å². The van der Waals surface area contributed by atoms with Gasteiger partial charge in [-0.15, -0.1) is 0 Å². The Morgan fingerprint density at radius 3 is 2.56 bits per heavy atom. The Morgan fingerprint density at radius 1 is 1.12 bits per heavy atom. The molecule has 0 amide bonds. The van der Waals surface area contributed by atoms with E-state index in [1.54, 1.807) is 55.5 Å². The molecule has 0 saturated carbocycles. The minimum absolute atomic E-state index is 0.0806. The first-order valence-electron chi connectivity index (χ1n) is 7.39. The molecule has 0 atom stereocenters. The van der Waals surface area contributed by atoms with Crippen molar-refractivity contribution in [3.05, 3.63) is 59.4 Å². The van der Waals surface area contributed by atoms with Crippen LogP contribution in [0, 0.1) is 6.92 Å². The first-order valence-corrected chi connectivity index (χ1v) is 9.25. The molecular formula is C17H12ClN3O3S. The van der Waals surface area contributed by atoms with Crippen LogP contribution < -0.4 is 0 Å². The summed E-state index contributed by atoms with van der Waals surface area (Å²) in [6.07, 6.45) is 0. The molecule has 0 bridgehead atoms. The lowest BCUT2D eigenvalue weighted by molar-refractivity contribution is 0.394. The normalized spacial score (nSPS) is 11.9. The Labute approximate surface area is 148 Å². The van der Waals surface area contributed by atoms with E-state index >= 15 is 0 Å². The Bertz CT molecular complexity index is 1180. The second-order valence-electron chi connectivity index (χ2n) is 5.47. The molecule has 0 saturated heterocycles. The number of H-pyrrole nitrogens is 1. The highest BCUT2D eigenvalue weighted by molar-refractivity contribution is 7.91. The van der Waals surface area contributed by atoms with Crippen LogP contribution in [0.25, 0.3) is 22.4 Å². The van der Waals surface area contributed by atoms with Crippen LogP contribution in [0.5, 0.6) is 0 Å². The third kappa shape index (κ3) is 2.61. The molecule has 0 aliphatic heterocycles. The number of rotatable bonds is 3. The molecule has 0 aliphatic carbocycles. The summed E-state index contributed by atoms with van der Waals surface area (Å²) in [6.45, 7) is 1.64. The van der Waals surface area contributed by atoms with E-state index in [4.69, 9.17) is 16.1 Å². The quantitative estimate of drug-likeness (QED) is 0.586. The molecule has 0 unspecified atom stereocenters. The van der Waals surface area contributed by atoms with Gasteiger partial charge in [-0.3, -0.25) is 0 Å². The van der Waals surface area contributed by atoms with Crippen molar-refractivity contribution in [3.8, 4) is 11.5 Å². The maximum atomic E-state index is 13.3. The van der Waals surface area contributed by atoms with Gasteiger partial charge in [0.15, 0.2) is 0 Å². The number of hydrogen-bond donors (Lipinski definition) is 1. The molecule has 6 nitrogen and oxygen atoms in total. The fourth-order valence-electron chi connectivity index (χ4n) is 2.69. The molecule has 0 radical (unpaired) electrons. The predicted molar refractivity (Wildman–Crippen MR) is 93.2 cm³/mol. The SMILES string of the molecule is Cc1nc(-c2[nH]c3ccc(Cl)cc3c2S(=O)(=O)c2ccccc2)no1. The molecule has 25 heavy (non-hydrogen) atoms. The highest BCUT2D eigenvalue weighted by Crippen LogP contribution is 2.37. The number of aryl methyl sites for hydroxylation is 1. The lowest BCUT2D eigenvalue weighted by atomic mass is 10.2. The van der Waals surface area contributed by atoms with Crippen LogP contribution in [0.3, 0.4) is 0 Å². The zero-order chi connectivity index (χ0) is 17.6. The zero-order valence-electron chi connectivity index (χ0n) is 13.0. The van der Waals surface area contributed by atoms with Crippen molar-refractivity contribution in [2.24, 2.45) is 0 Å². The first-order chi connectivity index (χ1) is 12.0. The van der Waals surface area contributed by atoms with Crippen molar-refractivity contribution >= 4 is 32.3 Å². The van der Waals surface area contributed by atoms with Crippen LogP contribution in [-0.4, -0.2) is 23.5 Å². The maximum absolute atomic E-state index is 13.3. The Hall–Kier alpha value is -2.64. The van der Waals surface area contributed by atoms with Crippen molar-refractivity contribution < 1.29 is 12.9 Å². The van der Waals surface area contributed by atoms with Gasteiger partial charge in [-0.05, 0) is 30.3 Å². The minimum Gasteiger partial charge on any atom is -0.351 e. The molecule has 2 aromatic heterocycles. The lowest BCUT2D eigenvalue weighted by Crippen LogP contribution is -2.03. The van der Waals surface area contributed by atoms with Crippen molar-refractivity contribution in [1.82, 2.24) is 15.1 Å². The molecule has 4 rings (SSSR count). The summed E-state index contributed by atoms with van der Waals surface area (Å²) in [6, 6.07) is 13.2. The summed E-state index contributed by atoms with van der Waals surface area (Å²) in [5, 5.41) is 4.77. The molecule has 2 heterocycles. The van der Waals surface area contributed by atoms with Gasteiger partial charge < -0.3 is 9.51 Å².